The van der Waals surface area contributed by atoms with E-state index in [4.69, 9.17) is 0 Å². The van der Waals surface area contributed by atoms with Crippen LogP contribution in [0, 0.1) is 6.92 Å². The molecule has 0 radical (unpaired) electrons. The van der Waals surface area contributed by atoms with Crippen LogP contribution in [0.4, 0.5) is 0 Å². The van der Waals surface area contributed by atoms with Gasteiger partial charge in [-0.3, -0.25) is 0 Å². The fourth-order valence-electron chi connectivity index (χ4n) is 1.01. The normalized spacial score (nSPS) is 12.5. The molecule has 0 unspecified atom stereocenters. The van der Waals surface area contributed by atoms with Gasteiger partial charge in [0.25, 0.3) is 0 Å². The smallest absolute Gasteiger partial charge is 0.00131 e. The number of benzene rings is 1. The van der Waals surface area contributed by atoms with Crippen LogP contribution in [0.15, 0.2) is 36.9 Å². The Morgan fingerprint density at radius 1 is 1.27 bits per heavy atom. The van der Waals surface area contributed by atoms with E-state index in [1.165, 1.54) is 11.1 Å². The van der Waals surface area contributed by atoms with Crippen LogP contribution < -0.4 is 0 Å². The van der Waals surface area contributed by atoms with Gasteiger partial charge in [0.05, 0.1) is 0 Å². The molecule has 0 fully saturated rings. The highest BCUT2D eigenvalue weighted by Crippen LogP contribution is 2.15. The average Bonchev–Trinajstić information content (AvgIpc) is 2.05. The van der Waals surface area contributed by atoms with Gasteiger partial charge in [-0.05, 0) is 18.4 Å². The van der Waals surface area contributed by atoms with Gasteiger partial charge in [-0.1, -0.05) is 42.8 Å². The van der Waals surface area contributed by atoms with Crippen molar-refractivity contribution >= 4 is 0 Å². The van der Waals surface area contributed by atoms with Crippen molar-refractivity contribution in [3.63, 3.8) is 0 Å². The maximum Gasteiger partial charge on any atom is -0.00131 e. The molecule has 1 atom stereocenters. The Kier molecular flexibility index (Phi) is 2.48. The molecule has 0 aliphatic rings. The predicted molar refractivity (Wildman–Crippen MR) is 49.8 cm³/mol. The van der Waals surface area contributed by atoms with Crippen molar-refractivity contribution in [2.75, 3.05) is 0 Å². The number of hydrogen-bond acceptors (Lipinski definition) is 0. The van der Waals surface area contributed by atoms with Gasteiger partial charge in [0, 0.05) is 0 Å². The molecule has 0 amide bonds. The van der Waals surface area contributed by atoms with E-state index in [1.807, 2.05) is 6.08 Å². The second-order valence-corrected chi connectivity index (χ2v) is 2.94. The van der Waals surface area contributed by atoms with Crippen molar-refractivity contribution in [2.45, 2.75) is 19.8 Å². The maximum absolute atomic E-state index is 3.76. The van der Waals surface area contributed by atoms with Crippen molar-refractivity contribution < 1.29 is 0 Å². The lowest BCUT2D eigenvalue weighted by atomic mass is 10.0. The average molecular weight is 146 g/mol. The van der Waals surface area contributed by atoms with Gasteiger partial charge >= 0.3 is 0 Å². The van der Waals surface area contributed by atoms with Gasteiger partial charge in [0.1, 0.15) is 0 Å². The number of rotatable bonds is 2. The lowest BCUT2D eigenvalue weighted by molar-refractivity contribution is 0.970. The van der Waals surface area contributed by atoms with Gasteiger partial charge in [-0.2, -0.15) is 0 Å². The molecule has 0 aliphatic heterocycles. The summed E-state index contributed by atoms with van der Waals surface area (Å²) >= 11 is 0. The van der Waals surface area contributed by atoms with Crippen molar-refractivity contribution in [3.05, 3.63) is 48.0 Å². The van der Waals surface area contributed by atoms with Crippen LogP contribution in [0.5, 0.6) is 0 Å². The molecular formula is C11H14. The third-order valence-corrected chi connectivity index (χ3v) is 1.96. The van der Waals surface area contributed by atoms with Gasteiger partial charge in [-0.15, -0.1) is 6.58 Å². The molecule has 0 saturated heterocycles. The minimum absolute atomic E-state index is 0.468. The van der Waals surface area contributed by atoms with E-state index in [-0.39, 0.29) is 0 Å². The fourth-order valence-corrected chi connectivity index (χ4v) is 1.01. The molecule has 1 aromatic carbocycles. The molecule has 11 heavy (non-hydrogen) atoms. The third-order valence-electron chi connectivity index (χ3n) is 1.96. The van der Waals surface area contributed by atoms with Crippen LogP contribution >= 0.6 is 0 Å². The molecule has 0 nitrogen and oxygen atoms in total. The largest absolute Gasteiger partial charge is 0.102 e. The van der Waals surface area contributed by atoms with Crippen molar-refractivity contribution in [2.24, 2.45) is 0 Å². The van der Waals surface area contributed by atoms with Crippen molar-refractivity contribution in [3.8, 4) is 0 Å². The molecule has 0 aliphatic carbocycles. The topological polar surface area (TPSA) is 0 Å². The minimum atomic E-state index is 0.468. The summed E-state index contributed by atoms with van der Waals surface area (Å²) in [5.74, 6) is 0.468. The number of allylic oxidation sites excluding steroid dienone is 1. The molecule has 0 spiro atoms. The van der Waals surface area contributed by atoms with Crippen LogP contribution in [0.25, 0.3) is 0 Å². The van der Waals surface area contributed by atoms with E-state index in [1.54, 1.807) is 0 Å². The van der Waals surface area contributed by atoms with E-state index < -0.39 is 0 Å². The molecule has 58 valence electrons. The Morgan fingerprint density at radius 3 is 2.27 bits per heavy atom. The van der Waals surface area contributed by atoms with E-state index in [9.17, 15) is 0 Å². The highest BCUT2D eigenvalue weighted by molar-refractivity contribution is 5.26. The predicted octanol–water partition coefficient (Wildman–Crippen LogP) is 3.28. The molecule has 0 N–H and O–H groups in total. The SMILES string of the molecule is C=C[C@H](C)c1ccc(C)cc1. The van der Waals surface area contributed by atoms with E-state index in [0.717, 1.165) is 0 Å². The molecule has 0 bridgehead atoms. The first-order valence-electron chi connectivity index (χ1n) is 3.93. The van der Waals surface area contributed by atoms with E-state index in [2.05, 4.69) is 44.7 Å². The Balaban J connectivity index is 2.89. The van der Waals surface area contributed by atoms with Crippen LogP contribution in [0.3, 0.4) is 0 Å². The number of aryl methyl sites for hydroxylation is 1. The first-order chi connectivity index (χ1) is 5.24. The van der Waals surface area contributed by atoms with Gasteiger partial charge in [-0.25, -0.2) is 0 Å². The van der Waals surface area contributed by atoms with Gasteiger partial charge in [0.15, 0.2) is 0 Å². The Morgan fingerprint density at radius 2 is 1.82 bits per heavy atom. The molecule has 0 heteroatoms. The van der Waals surface area contributed by atoms with Crippen LogP contribution in [0.2, 0.25) is 0 Å². The summed E-state index contributed by atoms with van der Waals surface area (Å²) in [4.78, 5) is 0. The van der Waals surface area contributed by atoms with Crippen LogP contribution in [-0.2, 0) is 0 Å². The molecule has 0 aromatic heterocycles. The minimum Gasteiger partial charge on any atom is -0.102 e. The van der Waals surface area contributed by atoms with Crippen molar-refractivity contribution in [1.29, 1.82) is 0 Å². The summed E-state index contributed by atoms with van der Waals surface area (Å²) in [5.41, 5.74) is 2.65. The van der Waals surface area contributed by atoms with Crippen LogP contribution in [-0.4, -0.2) is 0 Å². The Hall–Kier alpha value is -1.04. The number of hydrogen-bond donors (Lipinski definition) is 0. The Labute approximate surface area is 68.6 Å². The van der Waals surface area contributed by atoms with Crippen molar-refractivity contribution in [1.82, 2.24) is 0 Å². The highest BCUT2D eigenvalue weighted by Gasteiger charge is 1.97. The molecular weight excluding hydrogens is 132 g/mol. The lowest BCUT2D eigenvalue weighted by Gasteiger charge is -2.05. The standard InChI is InChI=1S/C11H14/c1-4-10(3)11-7-5-9(2)6-8-11/h4-8,10H,1H2,2-3H3/t10-/m0/s1. The summed E-state index contributed by atoms with van der Waals surface area (Å²) in [5, 5.41) is 0. The zero-order valence-electron chi connectivity index (χ0n) is 7.17. The van der Waals surface area contributed by atoms with Gasteiger partial charge in [0.2, 0.25) is 0 Å². The molecule has 0 saturated carbocycles. The lowest BCUT2D eigenvalue weighted by Crippen LogP contribution is -1.87. The zero-order valence-corrected chi connectivity index (χ0v) is 7.17. The monoisotopic (exact) mass is 146 g/mol. The first kappa shape index (κ1) is 8.06. The summed E-state index contributed by atoms with van der Waals surface area (Å²) in [6, 6.07) is 8.58. The summed E-state index contributed by atoms with van der Waals surface area (Å²) in [7, 11) is 0. The molecule has 0 heterocycles. The third kappa shape index (κ3) is 1.94. The van der Waals surface area contributed by atoms with Gasteiger partial charge < -0.3 is 0 Å². The Bertz CT molecular complexity index is 231. The maximum atomic E-state index is 3.76. The summed E-state index contributed by atoms with van der Waals surface area (Å²) in [6.07, 6.45) is 1.96. The fraction of sp³-hybridized carbons (Fsp3) is 0.273. The van der Waals surface area contributed by atoms with E-state index in [0.29, 0.717) is 5.92 Å². The first-order valence-corrected chi connectivity index (χ1v) is 3.93. The second kappa shape index (κ2) is 3.38. The molecule has 1 aromatic rings. The molecule has 1 rings (SSSR count). The van der Waals surface area contributed by atoms with E-state index >= 15 is 0 Å². The summed E-state index contributed by atoms with van der Waals surface area (Å²) in [6.45, 7) is 8.01. The zero-order chi connectivity index (χ0) is 8.27. The second-order valence-electron chi connectivity index (χ2n) is 2.94. The van der Waals surface area contributed by atoms with Crippen LogP contribution in [0.1, 0.15) is 24.0 Å². The quantitative estimate of drug-likeness (QED) is 0.562. The summed E-state index contributed by atoms with van der Waals surface area (Å²) < 4.78 is 0. The highest BCUT2D eigenvalue weighted by atomic mass is 14.0.